The van der Waals surface area contributed by atoms with Gasteiger partial charge in [-0.05, 0) is 30.5 Å². The van der Waals surface area contributed by atoms with Gasteiger partial charge in [-0.1, -0.05) is 50.5 Å². The standard InChI is InChI=1S/C16H23ClO/c1-3-5-6-11-18-16-9-7-15(8-10-16)12-14(4-2)13-17/h7-10,12H,3-6,11,13H2,1-2H3. The first-order valence-corrected chi connectivity index (χ1v) is 7.31. The van der Waals surface area contributed by atoms with Gasteiger partial charge >= 0.3 is 0 Å². The fourth-order valence-electron chi connectivity index (χ4n) is 1.67. The topological polar surface area (TPSA) is 9.23 Å². The summed E-state index contributed by atoms with van der Waals surface area (Å²) in [6.07, 6.45) is 6.73. The van der Waals surface area contributed by atoms with Gasteiger partial charge in [-0.3, -0.25) is 0 Å². The highest BCUT2D eigenvalue weighted by atomic mass is 35.5. The summed E-state index contributed by atoms with van der Waals surface area (Å²) in [6.45, 7) is 5.13. The van der Waals surface area contributed by atoms with Crippen LogP contribution < -0.4 is 4.74 Å². The zero-order chi connectivity index (χ0) is 13.2. The van der Waals surface area contributed by atoms with Crippen molar-refractivity contribution in [2.45, 2.75) is 39.5 Å². The molecule has 1 nitrogen and oxygen atoms in total. The van der Waals surface area contributed by atoms with Gasteiger partial charge in [0.2, 0.25) is 0 Å². The molecular weight excluding hydrogens is 244 g/mol. The number of hydrogen-bond donors (Lipinski definition) is 0. The van der Waals surface area contributed by atoms with Crippen LogP contribution in [0.25, 0.3) is 6.08 Å². The summed E-state index contributed by atoms with van der Waals surface area (Å²) in [5.74, 6) is 1.55. The lowest BCUT2D eigenvalue weighted by Crippen LogP contribution is -1.96. The van der Waals surface area contributed by atoms with E-state index >= 15 is 0 Å². The van der Waals surface area contributed by atoms with Gasteiger partial charge in [-0.15, -0.1) is 11.6 Å². The van der Waals surface area contributed by atoms with Crippen LogP contribution in [-0.2, 0) is 0 Å². The Morgan fingerprint density at radius 2 is 1.89 bits per heavy atom. The Kier molecular flexibility index (Phi) is 7.59. The normalized spacial score (nSPS) is 11.6. The van der Waals surface area contributed by atoms with E-state index in [0.717, 1.165) is 25.2 Å². The van der Waals surface area contributed by atoms with Crippen LogP contribution >= 0.6 is 11.6 Å². The molecule has 0 heterocycles. The van der Waals surface area contributed by atoms with Crippen LogP contribution in [0.15, 0.2) is 29.8 Å². The summed E-state index contributed by atoms with van der Waals surface area (Å²) < 4.78 is 5.67. The second-order valence-electron chi connectivity index (χ2n) is 4.41. The van der Waals surface area contributed by atoms with Crippen molar-refractivity contribution >= 4 is 17.7 Å². The maximum Gasteiger partial charge on any atom is 0.119 e. The molecule has 1 aromatic rings. The molecule has 0 atom stereocenters. The van der Waals surface area contributed by atoms with Gasteiger partial charge in [-0.25, -0.2) is 0 Å². The quantitative estimate of drug-likeness (QED) is 0.459. The summed E-state index contributed by atoms with van der Waals surface area (Å²) in [4.78, 5) is 0. The van der Waals surface area contributed by atoms with Gasteiger partial charge < -0.3 is 4.74 Å². The van der Waals surface area contributed by atoms with Gasteiger partial charge in [0.05, 0.1) is 6.61 Å². The van der Waals surface area contributed by atoms with Crippen molar-refractivity contribution in [2.24, 2.45) is 0 Å². The van der Waals surface area contributed by atoms with Gasteiger partial charge in [0.15, 0.2) is 0 Å². The van der Waals surface area contributed by atoms with Crippen LogP contribution in [0.4, 0.5) is 0 Å². The maximum absolute atomic E-state index is 5.85. The number of alkyl halides is 1. The minimum Gasteiger partial charge on any atom is -0.494 e. The van der Waals surface area contributed by atoms with Gasteiger partial charge in [0.25, 0.3) is 0 Å². The Bertz CT molecular complexity index is 348. The molecule has 100 valence electrons. The molecule has 0 aliphatic rings. The number of halogens is 1. The summed E-state index contributed by atoms with van der Waals surface area (Å²) in [7, 11) is 0. The molecule has 0 spiro atoms. The molecule has 1 rings (SSSR count). The minimum absolute atomic E-state index is 0.603. The van der Waals surface area contributed by atoms with Crippen molar-refractivity contribution in [3.8, 4) is 5.75 Å². The molecule has 2 heteroatoms. The molecule has 0 saturated carbocycles. The monoisotopic (exact) mass is 266 g/mol. The van der Waals surface area contributed by atoms with Crippen molar-refractivity contribution in [1.82, 2.24) is 0 Å². The van der Waals surface area contributed by atoms with Crippen molar-refractivity contribution < 1.29 is 4.74 Å². The fourth-order valence-corrected chi connectivity index (χ4v) is 1.94. The lowest BCUT2D eigenvalue weighted by Gasteiger charge is -2.06. The average Bonchev–Trinajstić information content (AvgIpc) is 2.42. The highest BCUT2D eigenvalue weighted by Gasteiger charge is 1.96. The zero-order valence-electron chi connectivity index (χ0n) is 11.4. The van der Waals surface area contributed by atoms with E-state index in [1.54, 1.807) is 0 Å². The molecular formula is C16H23ClO. The molecule has 0 fully saturated rings. The molecule has 1 aromatic carbocycles. The average molecular weight is 267 g/mol. The zero-order valence-corrected chi connectivity index (χ0v) is 12.2. The van der Waals surface area contributed by atoms with E-state index in [4.69, 9.17) is 16.3 Å². The van der Waals surface area contributed by atoms with Crippen LogP contribution in [0.2, 0.25) is 0 Å². The molecule has 0 bridgehead atoms. The smallest absolute Gasteiger partial charge is 0.119 e. The summed E-state index contributed by atoms with van der Waals surface area (Å²) in [5, 5.41) is 0. The number of unbranched alkanes of at least 4 members (excludes halogenated alkanes) is 2. The van der Waals surface area contributed by atoms with Crippen molar-refractivity contribution in [1.29, 1.82) is 0 Å². The minimum atomic E-state index is 0.603. The molecule has 0 radical (unpaired) electrons. The number of benzene rings is 1. The molecule has 0 amide bonds. The molecule has 0 unspecified atom stereocenters. The lowest BCUT2D eigenvalue weighted by atomic mass is 10.1. The Morgan fingerprint density at radius 1 is 1.17 bits per heavy atom. The van der Waals surface area contributed by atoms with E-state index in [-0.39, 0.29) is 0 Å². The van der Waals surface area contributed by atoms with Gasteiger partial charge in [-0.2, -0.15) is 0 Å². The predicted molar refractivity (Wildman–Crippen MR) is 80.5 cm³/mol. The summed E-state index contributed by atoms with van der Waals surface area (Å²) in [5.41, 5.74) is 2.45. The molecule has 0 aliphatic carbocycles. The molecule has 0 aromatic heterocycles. The van der Waals surface area contributed by atoms with Gasteiger partial charge in [0, 0.05) is 5.88 Å². The molecule has 0 saturated heterocycles. The van der Waals surface area contributed by atoms with E-state index in [1.807, 2.05) is 12.1 Å². The maximum atomic E-state index is 5.85. The SMILES string of the molecule is CCCCCOc1ccc(C=C(CC)CCl)cc1. The van der Waals surface area contributed by atoms with Crippen molar-refractivity contribution in [3.63, 3.8) is 0 Å². The third kappa shape index (κ3) is 5.59. The van der Waals surface area contributed by atoms with Crippen LogP contribution in [0, 0.1) is 0 Å². The Labute approximate surface area is 116 Å². The Balaban J connectivity index is 2.49. The molecule has 18 heavy (non-hydrogen) atoms. The number of ether oxygens (including phenoxy) is 1. The number of rotatable bonds is 8. The van der Waals surface area contributed by atoms with E-state index in [2.05, 4.69) is 32.1 Å². The number of hydrogen-bond acceptors (Lipinski definition) is 1. The third-order valence-corrected chi connectivity index (χ3v) is 3.24. The van der Waals surface area contributed by atoms with E-state index in [9.17, 15) is 0 Å². The summed E-state index contributed by atoms with van der Waals surface area (Å²) >= 11 is 5.85. The molecule has 0 N–H and O–H groups in total. The lowest BCUT2D eigenvalue weighted by molar-refractivity contribution is 0.306. The Morgan fingerprint density at radius 3 is 2.44 bits per heavy atom. The van der Waals surface area contributed by atoms with Crippen LogP contribution in [0.1, 0.15) is 45.1 Å². The third-order valence-electron chi connectivity index (χ3n) is 2.89. The number of allylic oxidation sites excluding steroid dienone is 1. The van der Waals surface area contributed by atoms with Crippen LogP contribution in [-0.4, -0.2) is 12.5 Å². The van der Waals surface area contributed by atoms with Crippen LogP contribution in [0.3, 0.4) is 0 Å². The highest BCUT2D eigenvalue weighted by Crippen LogP contribution is 2.16. The summed E-state index contributed by atoms with van der Waals surface area (Å²) in [6, 6.07) is 8.22. The highest BCUT2D eigenvalue weighted by molar-refractivity contribution is 6.19. The van der Waals surface area contributed by atoms with Gasteiger partial charge in [0.1, 0.15) is 5.75 Å². The first kappa shape index (κ1) is 15.1. The molecule has 0 aliphatic heterocycles. The second-order valence-corrected chi connectivity index (χ2v) is 4.68. The van der Waals surface area contributed by atoms with E-state index in [1.165, 1.54) is 24.0 Å². The van der Waals surface area contributed by atoms with E-state index in [0.29, 0.717) is 5.88 Å². The second kappa shape index (κ2) is 9.04. The first-order chi connectivity index (χ1) is 8.80. The van der Waals surface area contributed by atoms with Crippen LogP contribution in [0.5, 0.6) is 5.75 Å². The fraction of sp³-hybridized carbons (Fsp3) is 0.500. The predicted octanol–water partition coefficient (Wildman–Crippen LogP) is 5.29. The van der Waals surface area contributed by atoms with Crippen molar-refractivity contribution in [3.05, 3.63) is 35.4 Å². The first-order valence-electron chi connectivity index (χ1n) is 6.78. The van der Waals surface area contributed by atoms with Crippen molar-refractivity contribution in [2.75, 3.05) is 12.5 Å². The van der Waals surface area contributed by atoms with E-state index < -0.39 is 0 Å². The Hall–Kier alpha value is -0.950. The largest absolute Gasteiger partial charge is 0.494 e.